The first-order valence-electron chi connectivity index (χ1n) is 7.44. The maximum atomic E-state index is 12.2. The number of carbonyl (C=O) groups is 2. The van der Waals surface area contributed by atoms with Crippen LogP contribution in [0.3, 0.4) is 0 Å². The van der Waals surface area contributed by atoms with E-state index in [0.29, 0.717) is 16.3 Å². The van der Waals surface area contributed by atoms with E-state index in [-0.39, 0.29) is 17.6 Å². The first-order chi connectivity index (χ1) is 11.1. The van der Waals surface area contributed by atoms with Gasteiger partial charge in [0.25, 0.3) is 0 Å². The van der Waals surface area contributed by atoms with Gasteiger partial charge >= 0.3 is 0 Å². The summed E-state index contributed by atoms with van der Waals surface area (Å²) in [6.45, 7) is 0. The minimum atomic E-state index is 0.0547. The smallest absolute Gasteiger partial charge is 0.227 e. The highest BCUT2D eigenvalue weighted by molar-refractivity contribution is 8.00. The summed E-state index contributed by atoms with van der Waals surface area (Å²) in [6, 6.07) is 14.5. The van der Waals surface area contributed by atoms with Crippen molar-refractivity contribution in [1.82, 2.24) is 0 Å². The summed E-state index contributed by atoms with van der Waals surface area (Å²) in [5, 5.41) is 3.54. The van der Waals surface area contributed by atoms with Gasteiger partial charge in [-0.25, -0.2) is 0 Å². The molecular formula is C18H16ClNO2S. The summed E-state index contributed by atoms with van der Waals surface area (Å²) in [7, 11) is 0. The van der Waals surface area contributed by atoms with E-state index in [1.165, 1.54) is 11.8 Å². The Hall–Kier alpha value is -1.78. The molecule has 0 aliphatic heterocycles. The monoisotopic (exact) mass is 345 g/mol. The molecule has 0 radical (unpaired) electrons. The number of Topliss-reactive ketones (excluding diaryl/α,β-unsaturated/α-hetero) is 1. The molecule has 0 saturated heterocycles. The van der Waals surface area contributed by atoms with Gasteiger partial charge in [0, 0.05) is 27.1 Å². The second-order valence-corrected chi connectivity index (χ2v) is 7.00. The van der Waals surface area contributed by atoms with E-state index in [1.807, 2.05) is 24.3 Å². The quantitative estimate of drug-likeness (QED) is 0.611. The number of thioether (sulfide) groups is 1. The molecule has 5 heteroatoms. The summed E-state index contributed by atoms with van der Waals surface area (Å²) in [4.78, 5) is 24.9. The Kier molecular flexibility index (Phi) is 5.03. The molecule has 0 bridgehead atoms. The van der Waals surface area contributed by atoms with E-state index in [2.05, 4.69) is 5.32 Å². The van der Waals surface area contributed by atoms with Crippen LogP contribution in [0.2, 0.25) is 5.02 Å². The van der Waals surface area contributed by atoms with Crippen LogP contribution in [0.4, 0.5) is 5.69 Å². The SMILES string of the molecule is O=C(CSc1cccc(NC(=O)C2CC2)c1)c1ccc(Cl)cc1. The molecule has 3 rings (SSSR count). The van der Waals surface area contributed by atoms with Gasteiger partial charge in [-0.2, -0.15) is 0 Å². The number of ketones is 1. The lowest BCUT2D eigenvalue weighted by atomic mass is 10.1. The zero-order valence-corrected chi connectivity index (χ0v) is 14.0. The van der Waals surface area contributed by atoms with Crippen LogP contribution in [-0.4, -0.2) is 17.4 Å². The average molecular weight is 346 g/mol. The van der Waals surface area contributed by atoms with Crippen LogP contribution in [-0.2, 0) is 4.79 Å². The molecule has 1 aliphatic rings. The fraction of sp³-hybridized carbons (Fsp3) is 0.222. The summed E-state index contributed by atoms with van der Waals surface area (Å²) in [5.74, 6) is 0.669. The van der Waals surface area contributed by atoms with Crippen molar-refractivity contribution in [2.24, 2.45) is 5.92 Å². The molecule has 2 aromatic carbocycles. The molecule has 0 heterocycles. The molecule has 3 nitrogen and oxygen atoms in total. The minimum Gasteiger partial charge on any atom is -0.326 e. The summed E-state index contributed by atoms with van der Waals surface area (Å²) < 4.78 is 0. The number of carbonyl (C=O) groups excluding carboxylic acids is 2. The maximum Gasteiger partial charge on any atom is 0.227 e. The number of rotatable bonds is 6. The second kappa shape index (κ2) is 7.20. The Morgan fingerprint density at radius 1 is 1.13 bits per heavy atom. The molecule has 1 aliphatic carbocycles. The second-order valence-electron chi connectivity index (χ2n) is 5.51. The third-order valence-corrected chi connectivity index (χ3v) is 4.83. The van der Waals surface area contributed by atoms with Gasteiger partial charge in [-0.05, 0) is 55.3 Å². The van der Waals surface area contributed by atoms with Crippen molar-refractivity contribution in [3.05, 3.63) is 59.1 Å². The lowest BCUT2D eigenvalue weighted by molar-refractivity contribution is -0.117. The van der Waals surface area contributed by atoms with Crippen LogP contribution in [0.15, 0.2) is 53.4 Å². The number of nitrogens with one attached hydrogen (secondary N) is 1. The van der Waals surface area contributed by atoms with Gasteiger partial charge in [0.2, 0.25) is 5.91 Å². The Bertz CT molecular complexity index is 726. The van der Waals surface area contributed by atoms with Crippen LogP contribution in [0, 0.1) is 5.92 Å². The largest absolute Gasteiger partial charge is 0.326 e. The number of hydrogen-bond donors (Lipinski definition) is 1. The van der Waals surface area contributed by atoms with Crippen molar-refractivity contribution in [1.29, 1.82) is 0 Å². The van der Waals surface area contributed by atoms with E-state index in [4.69, 9.17) is 11.6 Å². The van der Waals surface area contributed by atoms with Gasteiger partial charge < -0.3 is 5.32 Å². The maximum absolute atomic E-state index is 12.2. The van der Waals surface area contributed by atoms with Gasteiger partial charge in [0.15, 0.2) is 5.78 Å². The van der Waals surface area contributed by atoms with Crippen molar-refractivity contribution in [2.45, 2.75) is 17.7 Å². The Labute approximate surface area is 144 Å². The highest BCUT2D eigenvalue weighted by Crippen LogP contribution is 2.31. The van der Waals surface area contributed by atoms with Crippen molar-refractivity contribution in [2.75, 3.05) is 11.1 Å². The van der Waals surface area contributed by atoms with E-state index < -0.39 is 0 Å². The standard InChI is InChI=1S/C18H16ClNO2S/c19-14-8-6-12(7-9-14)17(21)11-23-16-3-1-2-15(10-16)20-18(22)13-4-5-13/h1-3,6-10,13H,4-5,11H2,(H,20,22). The summed E-state index contributed by atoms with van der Waals surface area (Å²) in [6.07, 6.45) is 1.96. The molecule has 0 aromatic heterocycles. The average Bonchev–Trinajstić information content (AvgIpc) is 3.38. The third-order valence-electron chi connectivity index (χ3n) is 3.59. The molecule has 1 saturated carbocycles. The highest BCUT2D eigenvalue weighted by Gasteiger charge is 2.29. The lowest BCUT2D eigenvalue weighted by Crippen LogP contribution is -2.13. The van der Waals surface area contributed by atoms with E-state index in [0.717, 1.165) is 23.4 Å². The molecule has 1 N–H and O–H groups in total. The topological polar surface area (TPSA) is 46.2 Å². The Morgan fingerprint density at radius 2 is 1.87 bits per heavy atom. The van der Waals surface area contributed by atoms with Crippen molar-refractivity contribution in [3.63, 3.8) is 0 Å². The lowest BCUT2D eigenvalue weighted by Gasteiger charge is -2.07. The van der Waals surface area contributed by atoms with Gasteiger partial charge in [-0.1, -0.05) is 17.7 Å². The fourth-order valence-electron chi connectivity index (χ4n) is 2.12. The number of amides is 1. The van der Waals surface area contributed by atoms with Gasteiger partial charge in [-0.15, -0.1) is 11.8 Å². The molecule has 2 aromatic rings. The van der Waals surface area contributed by atoms with Crippen molar-refractivity contribution in [3.8, 4) is 0 Å². The van der Waals surface area contributed by atoms with Crippen molar-refractivity contribution >= 4 is 40.7 Å². The number of anilines is 1. The first kappa shape index (κ1) is 16.1. The highest BCUT2D eigenvalue weighted by atomic mass is 35.5. The van der Waals surface area contributed by atoms with Crippen molar-refractivity contribution < 1.29 is 9.59 Å². The molecule has 23 heavy (non-hydrogen) atoms. The van der Waals surface area contributed by atoms with Gasteiger partial charge in [0.1, 0.15) is 0 Å². The van der Waals surface area contributed by atoms with E-state index in [9.17, 15) is 9.59 Å². The molecule has 1 amide bonds. The Balaban J connectivity index is 1.58. The minimum absolute atomic E-state index is 0.0547. The van der Waals surface area contributed by atoms with Crippen LogP contribution in [0.5, 0.6) is 0 Å². The number of benzene rings is 2. The van der Waals surface area contributed by atoms with Crippen LogP contribution >= 0.6 is 23.4 Å². The zero-order valence-electron chi connectivity index (χ0n) is 12.4. The summed E-state index contributed by atoms with van der Waals surface area (Å²) >= 11 is 7.28. The van der Waals surface area contributed by atoms with Crippen LogP contribution in [0.25, 0.3) is 0 Å². The molecule has 0 unspecified atom stereocenters. The fourth-order valence-corrected chi connectivity index (χ4v) is 3.10. The predicted molar refractivity (Wildman–Crippen MR) is 94.3 cm³/mol. The predicted octanol–water partition coefficient (Wildman–Crippen LogP) is 4.66. The first-order valence-corrected chi connectivity index (χ1v) is 8.81. The van der Waals surface area contributed by atoms with Gasteiger partial charge in [0.05, 0.1) is 5.75 Å². The van der Waals surface area contributed by atoms with E-state index >= 15 is 0 Å². The molecule has 0 atom stereocenters. The zero-order chi connectivity index (χ0) is 16.2. The normalized spacial score (nSPS) is 13.6. The third kappa shape index (κ3) is 4.60. The molecular weight excluding hydrogens is 330 g/mol. The molecule has 1 fully saturated rings. The van der Waals surface area contributed by atoms with E-state index in [1.54, 1.807) is 24.3 Å². The molecule has 0 spiro atoms. The Morgan fingerprint density at radius 3 is 2.57 bits per heavy atom. The molecule has 118 valence electrons. The number of hydrogen-bond acceptors (Lipinski definition) is 3. The van der Waals surface area contributed by atoms with Crippen LogP contribution < -0.4 is 5.32 Å². The number of halogens is 1. The van der Waals surface area contributed by atoms with Gasteiger partial charge in [-0.3, -0.25) is 9.59 Å². The summed E-state index contributed by atoms with van der Waals surface area (Å²) in [5.41, 5.74) is 1.44. The van der Waals surface area contributed by atoms with Crippen LogP contribution in [0.1, 0.15) is 23.2 Å².